The van der Waals surface area contributed by atoms with Crippen LogP contribution in [0.4, 0.5) is 4.39 Å². The molecular weight excluding hydrogens is 455 g/mol. The van der Waals surface area contributed by atoms with Gasteiger partial charge in [-0.1, -0.05) is 17.4 Å². The normalized spacial score (nSPS) is 19.6. The van der Waals surface area contributed by atoms with Gasteiger partial charge in [0.05, 0.1) is 28.6 Å². The number of nitrogens with one attached hydrogen (secondary N) is 2. The first-order chi connectivity index (χ1) is 16.7. The molecule has 1 amide bonds. The van der Waals surface area contributed by atoms with E-state index in [2.05, 4.69) is 15.6 Å². The van der Waals surface area contributed by atoms with Gasteiger partial charge >= 0.3 is 0 Å². The second-order valence-corrected chi connectivity index (χ2v) is 9.74. The summed E-state index contributed by atoms with van der Waals surface area (Å²) in [6.07, 6.45) is 3.40. The van der Waals surface area contributed by atoms with Gasteiger partial charge in [0.2, 0.25) is 0 Å². The van der Waals surface area contributed by atoms with E-state index >= 15 is 0 Å². The van der Waals surface area contributed by atoms with Crippen molar-refractivity contribution in [2.24, 2.45) is 0 Å². The van der Waals surface area contributed by atoms with Gasteiger partial charge in [-0.2, -0.15) is 0 Å². The third kappa shape index (κ3) is 4.09. The van der Waals surface area contributed by atoms with Gasteiger partial charge in [0.1, 0.15) is 5.82 Å². The molecule has 9 heteroatoms. The van der Waals surface area contributed by atoms with Gasteiger partial charge in [0.25, 0.3) is 5.91 Å². The van der Waals surface area contributed by atoms with Crippen LogP contribution >= 0.6 is 11.3 Å². The molecule has 0 radical (unpaired) electrons. The highest BCUT2D eigenvalue weighted by Crippen LogP contribution is 2.32. The number of ether oxygens (including phenoxy) is 2. The van der Waals surface area contributed by atoms with Crippen LogP contribution in [0.15, 0.2) is 42.6 Å². The van der Waals surface area contributed by atoms with E-state index in [1.165, 1.54) is 11.3 Å². The summed E-state index contributed by atoms with van der Waals surface area (Å²) in [5, 5.41) is 6.37. The van der Waals surface area contributed by atoms with E-state index in [9.17, 15) is 9.18 Å². The van der Waals surface area contributed by atoms with Crippen molar-refractivity contribution in [3.63, 3.8) is 0 Å². The van der Waals surface area contributed by atoms with Gasteiger partial charge in [-0.3, -0.25) is 9.20 Å². The fourth-order valence-electron chi connectivity index (χ4n) is 4.60. The summed E-state index contributed by atoms with van der Waals surface area (Å²) < 4.78 is 29.0. The van der Waals surface area contributed by atoms with Crippen molar-refractivity contribution >= 4 is 32.4 Å². The third-order valence-corrected chi connectivity index (χ3v) is 7.50. The number of morpholine rings is 1. The summed E-state index contributed by atoms with van der Waals surface area (Å²) >= 11 is 1.49. The Morgan fingerprint density at radius 2 is 2.06 bits per heavy atom. The van der Waals surface area contributed by atoms with Crippen molar-refractivity contribution in [2.75, 3.05) is 32.9 Å². The maximum absolute atomic E-state index is 15.0. The molecule has 0 saturated carbocycles. The van der Waals surface area contributed by atoms with Gasteiger partial charge < -0.3 is 20.1 Å². The van der Waals surface area contributed by atoms with E-state index in [1.54, 1.807) is 12.1 Å². The number of thiazole rings is 1. The minimum Gasteiger partial charge on any atom is -0.381 e. The van der Waals surface area contributed by atoms with Gasteiger partial charge in [0, 0.05) is 49.7 Å². The Labute approximate surface area is 199 Å². The lowest BCUT2D eigenvalue weighted by Crippen LogP contribution is -2.38. The second-order valence-electron chi connectivity index (χ2n) is 8.73. The summed E-state index contributed by atoms with van der Waals surface area (Å²) in [4.78, 5) is 18.1. The molecule has 4 heterocycles. The van der Waals surface area contributed by atoms with Crippen molar-refractivity contribution in [2.45, 2.75) is 25.0 Å². The van der Waals surface area contributed by atoms with E-state index in [-0.39, 0.29) is 23.9 Å². The van der Waals surface area contributed by atoms with Crippen molar-refractivity contribution in [3.05, 3.63) is 59.5 Å². The topological polar surface area (TPSA) is 76.9 Å². The van der Waals surface area contributed by atoms with Crippen LogP contribution in [0.2, 0.25) is 0 Å². The number of fused-ring (bicyclic) bond motifs is 3. The highest BCUT2D eigenvalue weighted by molar-refractivity contribution is 7.23. The molecular formula is C25H25FN4O3S. The predicted octanol–water partition coefficient (Wildman–Crippen LogP) is 3.92. The summed E-state index contributed by atoms with van der Waals surface area (Å²) in [7, 11) is 0. The fraction of sp³-hybridized carbons (Fsp3) is 0.360. The largest absolute Gasteiger partial charge is 0.381 e. The number of halogens is 1. The molecule has 2 aliphatic rings. The van der Waals surface area contributed by atoms with Crippen LogP contribution in [0.3, 0.4) is 0 Å². The lowest BCUT2D eigenvalue weighted by atomic mass is 10.0. The Morgan fingerprint density at radius 1 is 1.18 bits per heavy atom. The number of rotatable bonds is 4. The third-order valence-electron chi connectivity index (χ3n) is 6.48. The summed E-state index contributed by atoms with van der Waals surface area (Å²) in [5.41, 5.74) is 3.45. The van der Waals surface area contributed by atoms with Gasteiger partial charge in [-0.05, 0) is 48.7 Å². The molecule has 2 N–H and O–H groups in total. The molecule has 2 fully saturated rings. The minimum atomic E-state index is -0.311. The Balaban J connectivity index is 1.25. The molecule has 1 unspecified atom stereocenters. The number of carbonyl (C=O) groups is 1. The molecule has 0 aliphatic carbocycles. The first kappa shape index (κ1) is 21.7. The Bertz CT molecular complexity index is 1360. The summed E-state index contributed by atoms with van der Waals surface area (Å²) in [5.74, 6) is -0.381. The van der Waals surface area contributed by atoms with Crippen molar-refractivity contribution in [1.29, 1.82) is 0 Å². The van der Waals surface area contributed by atoms with Gasteiger partial charge in [-0.15, -0.1) is 0 Å². The van der Waals surface area contributed by atoms with Gasteiger partial charge in [-0.25, -0.2) is 9.37 Å². The van der Waals surface area contributed by atoms with Crippen LogP contribution in [0.25, 0.3) is 26.4 Å². The first-order valence-corrected chi connectivity index (χ1v) is 12.4. The average Bonchev–Trinajstić information content (AvgIpc) is 3.42. The highest BCUT2D eigenvalue weighted by Gasteiger charge is 2.20. The van der Waals surface area contributed by atoms with E-state index in [0.717, 1.165) is 40.1 Å². The van der Waals surface area contributed by atoms with Crippen LogP contribution < -0.4 is 10.6 Å². The maximum Gasteiger partial charge on any atom is 0.251 e. The number of carbonyl (C=O) groups excluding carboxylic acids is 1. The molecule has 0 bridgehead atoms. The molecule has 2 saturated heterocycles. The van der Waals surface area contributed by atoms with E-state index in [1.807, 2.05) is 34.9 Å². The number of hydrogen-bond acceptors (Lipinski definition) is 6. The molecule has 1 atom stereocenters. The maximum atomic E-state index is 15.0. The highest BCUT2D eigenvalue weighted by atomic mass is 32.1. The number of aromatic nitrogens is 2. The van der Waals surface area contributed by atoms with Crippen LogP contribution in [0, 0.1) is 5.82 Å². The molecule has 2 aromatic carbocycles. The molecule has 4 aromatic rings. The molecule has 7 nitrogen and oxygen atoms in total. The molecule has 34 heavy (non-hydrogen) atoms. The summed E-state index contributed by atoms with van der Waals surface area (Å²) in [6.45, 7) is 3.49. The van der Waals surface area contributed by atoms with Crippen LogP contribution in [0.5, 0.6) is 0 Å². The smallest absolute Gasteiger partial charge is 0.251 e. The fourth-order valence-corrected chi connectivity index (χ4v) is 5.65. The van der Waals surface area contributed by atoms with Crippen LogP contribution in [0.1, 0.15) is 34.9 Å². The molecule has 2 aliphatic heterocycles. The Hall–Kier alpha value is -2.85. The zero-order chi connectivity index (χ0) is 23.1. The molecule has 2 aromatic heterocycles. The zero-order valence-corrected chi connectivity index (χ0v) is 19.4. The quantitative estimate of drug-likeness (QED) is 0.463. The number of nitrogens with zero attached hydrogens (tertiary/aromatic N) is 2. The Morgan fingerprint density at radius 3 is 2.85 bits per heavy atom. The van der Waals surface area contributed by atoms with Crippen molar-refractivity contribution in [1.82, 2.24) is 20.0 Å². The first-order valence-electron chi connectivity index (χ1n) is 11.6. The zero-order valence-electron chi connectivity index (χ0n) is 18.6. The second kappa shape index (κ2) is 9.07. The number of imidazole rings is 1. The SMILES string of the molecule is O=C(NC1CCOCC1)c1ccc2c(c1)sc1nc(-c3ccc(C4CNCCO4)cc3F)cn12. The predicted molar refractivity (Wildman–Crippen MR) is 129 cm³/mol. The van der Waals surface area contributed by atoms with Crippen molar-refractivity contribution in [3.8, 4) is 11.3 Å². The minimum absolute atomic E-state index is 0.0696. The van der Waals surface area contributed by atoms with Gasteiger partial charge in [0.15, 0.2) is 4.96 Å². The summed E-state index contributed by atoms with van der Waals surface area (Å²) in [6, 6.07) is 11.0. The van der Waals surface area contributed by atoms with Crippen molar-refractivity contribution < 1.29 is 18.7 Å². The van der Waals surface area contributed by atoms with E-state index < -0.39 is 0 Å². The standard InChI is InChI=1S/C25H25FN4O3S/c26-19-11-15(22-13-27-7-10-33-22)1-3-18(19)20-14-30-21-4-2-16(12-23(21)34-25(30)29-20)24(31)28-17-5-8-32-9-6-17/h1-4,11-12,14,17,22,27H,5-10,13H2,(H,28,31). The number of benzene rings is 2. The Kier molecular flexibility index (Phi) is 5.78. The lowest BCUT2D eigenvalue weighted by Gasteiger charge is -2.24. The molecule has 176 valence electrons. The van der Waals surface area contributed by atoms with Crippen LogP contribution in [-0.2, 0) is 9.47 Å². The molecule has 6 rings (SSSR count). The van der Waals surface area contributed by atoms with E-state index in [4.69, 9.17) is 9.47 Å². The number of hydrogen-bond donors (Lipinski definition) is 2. The lowest BCUT2D eigenvalue weighted by molar-refractivity contribution is 0.0275. The van der Waals surface area contributed by atoms with Crippen LogP contribution in [-0.4, -0.2) is 54.2 Å². The monoisotopic (exact) mass is 480 g/mol. The van der Waals surface area contributed by atoms with E-state index in [0.29, 0.717) is 43.2 Å². The average molecular weight is 481 g/mol. The number of amides is 1. The molecule has 0 spiro atoms.